The highest BCUT2D eigenvalue weighted by molar-refractivity contribution is 5.76. The Morgan fingerprint density at radius 2 is 1.95 bits per heavy atom. The summed E-state index contributed by atoms with van der Waals surface area (Å²) < 4.78 is 0. The van der Waals surface area contributed by atoms with E-state index in [9.17, 15) is 4.79 Å². The summed E-state index contributed by atoms with van der Waals surface area (Å²) in [5, 5.41) is 0. The van der Waals surface area contributed by atoms with E-state index in [0.717, 1.165) is 6.42 Å². The van der Waals surface area contributed by atoms with Gasteiger partial charge in [-0.2, -0.15) is 0 Å². The maximum atomic E-state index is 12.4. The first kappa shape index (κ1) is 16.5. The summed E-state index contributed by atoms with van der Waals surface area (Å²) in [7, 11) is 1.98. The zero-order chi connectivity index (χ0) is 14.4. The Kier molecular flexibility index (Phi) is 6.84. The molecule has 1 amide bonds. The van der Waals surface area contributed by atoms with Gasteiger partial charge in [-0.1, -0.05) is 33.6 Å². The van der Waals surface area contributed by atoms with Crippen LogP contribution in [0.2, 0.25) is 0 Å². The first-order chi connectivity index (χ1) is 8.95. The number of carbonyl (C=O) groups is 1. The van der Waals surface area contributed by atoms with E-state index in [1.807, 2.05) is 11.9 Å². The van der Waals surface area contributed by atoms with Gasteiger partial charge in [-0.15, -0.1) is 0 Å². The zero-order valence-electron chi connectivity index (χ0n) is 13.2. The molecule has 1 saturated carbocycles. The second kappa shape index (κ2) is 7.88. The van der Waals surface area contributed by atoms with Crippen LogP contribution in [0.4, 0.5) is 0 Å². The van der Waals surface area contributed by atoms with E-state index in [2.05, 4.69) is 20.8 Å². The van der Waals surface area contributed by atoms with Gasteiger partial charge >= 0.3 is 0 Å². The highest BCUT2D eigenvalue weighted by Gasteiger charge is 2.28. The third-order valence-corrected chi connectivity index (χ3v) is 4.56. The standard InChI is InChI=1S/C16H32N2O/c1-12(2)9-14(11-17)10-16(19)18(4)15-8-6-5-7-13(15)3/h12-15H,5-11,17H2,1-4H3/t13?,14-,15?/m0/s1. The molecule has 112 valence electrons. The predicted octanol–water partition coefficient (Wildman–Crippen LogP) is 3.03. The molecule has 0 bridgehead atoms. The van der Waals surface area contributed by atoms with Crippen molar-refractivity contribution in [2.75, 3.05) is 13.6 Å². The van der Waals surface area contributed by atoms with Crippen LogP contribution in [0.3, 0.4) is 0 Å². The third-order valence-electron chi connectivity index (χ3n) is 4.56. The van der Waals surface area contributed by atoms with Crippen LogP contribution in [0.25, 0.3) is 0 Å². The van der Waals surface area contributed by atoms with E-state index in [1.54, 1.807) is 0 Å². The van der Waals surface area contributed by atoms with Gasteiger partial charge in [-0.3, -0.25) is 4.79 Å². The lowest BCUT2D eigenvalue weighted by Crippen LogP contribution is -2.43. The van der Waals surface area contributed by atoms with Crippen LogP contribution in [0, 0.1) is 17.8 Å². The van der Waals surface area contributed by atoms with Gasteiger partial charge in [0.25, 0.3) is 0 Å². The molecule has 19 heavy (non-hydrogen) atoms. The molecule has 2 N–H and O–H groups in total. The summed E-state index contributed by atoms with van der Waals surface area (Å²) >= 11 is 0. The van der Waals surface area contributed by atoms with Crippen molar-refractivity contribution in [1.82, 2.24) is 4.90 Å². The van der Waals surface area contributed by atoms with Crippen molar-refractivity contribution in [3.8, 4) is 0 Å². The Morgan fingerprint density at radius 3 is 2.47 bits per heavy atom. The minimum Gasteiger partial charge on any atom is -0.343 e. The van der Waals surface area contributed by atoms with Gasteiger partial charge in [0.15, 0.2) is 0 Å². The molecule has 1 fully saturated rings. The van der Waals surface area contributed by atoms with Crippen molar-refractivity contribution in [2.45, 2.75) is 65.3 Å². The molecular weight excluding hydrogens is 236 g/mol. The van der Waals surface area contributed by atoms with Gasteiger partial charge < -0.3 is 10.6 Å². The summed E-state index contributed by atoms with van der Waals surface area (Å²) in [5.41, 5.74) is 5.80. The number of carbonyl (C=O) groups excluding carboxylic acids is 1. The maximum Gasteiger partial charge on any atom is 0.222 e. The Hall–Kier alpha value is -0.570. The van der Waals surface area contributed by atoms with Crippen molar-refractivity contribution in [3.05, 3.63) is 0 Å². The van der Waals surface area contributed by atoms with Crippen LogP contribution >= 0.6 is 0 Å². The van der Waals surface area contributed by atoms with E-state index in [1.165, 1.54) is 25.7 Å². The van der Waals surface area contributed by atoms with Crippen LogP contribution < -0.4 is 5.73 Å². The molecule has 0 aliphatic heterocycles. The molecule has 1 aliphatic rings. The number of nitrogens with two attached hydrogens (primary N) is 1. The van der Waals surface area contributed by atoms with E-state index >= 15 is 0 Å². The fraction of sp³-hybridized carbons (Fsp3) is 0.938. The van der Waals surface area contributed by atoms with E-state index in [4.69, 9.17) is 5.73 Å². The second-order valence-corrected chi connectivity index (χ2v) is 6.77. The quantitative estimate of drug-likeness (QED) is 0.805. The summed E-state index contributed by atoms with van der Waals surface area (Å²) in [6.45, 7) is 7.29. The van der Waals surface area contributed by atoms with Crippen LogP contribution in [0.1, 0.15) is 59.3 Å². The van der Waals surface area contributed by atoms with Crippen molar-refractivity contribution < 1.29 is 4.79 Å². The van der Waals surface area contributed by atoms with Crippen molar-refractivity contribution in [1.29, 1.82) is 0 Å². The topological polar surface area (TPSA) is 46.3 Å². The molecule has 0 spiro atoms. The summed E-state index contributed by atoms with van der Waals surface area (Å²) in [5.74, 6) is 1.88. The molecule has 0 radical (unpaired) electrons. The van der Waals surface area contributed by atoms with Crippen LogP contribution in [0.15, 0.2) is 0 Å². The lowest BCUT2D eigenvalue weighted by molar-refractivity contribution is -0.134. The largest absolute Gasteiger partial charge is 0.343 e. The average molecular weight is 268 g/mol. The molecule has 3 nitrogen and oxygen atoms in total. The number of hydrogen-bond acceptors (Lipinski definition) is 2. The Balaban J connectivity index is 2.50. The van der Waals surface area contributed by atoms with E-state index in [0.29, 0.717) is 36.8 Å². The van der Waals surface area contributed by atoms with E-state index in [-0.39, 0.29) is 5.91 Å². The maximum absolute atomic E-state index is 12.4. The van der Waals surface area contributed by atoms with Gasteiger partial charge in [0, 0.05) is 19.5 Å². The number of rotatable bonds is 6. The van der Waals surface area contributed by atoms with Gasteiger partial charge in [-0.05, 0) is 43.6 Å². The summed E-state index contributed by atoms with van der Waals surface area (Å²) in [4.78, 5) is 14.4. The third kappa shape index (κ3) is 5.13. The van der Waals surface area contributed by atoms with Crippen molar-refractivity contribution >= 4 is 5.91 Å². The van der Waals surface area contributed by atoms with Crippen molar-refractivity contribution in [2.24, 2.45) is 23.5 Å². The van der Waals surface area contributed by atoms with Crippen molar-refractivity contribution in [3.63, 3.8) is 0 Å². The molecule has 0 aromatic rings. The highest BCUT2D eigenvalue weighted by Crippen LogP contribution is 2.28. The number of amides is 1. The Labute approximate surface area is 118 Å². The molecule has 2 unspecified atom stereocenters. The summed E-state index contributed by atoms with van der Waals surface area (Å²) in [6.07, 6.45) is 6.68. The average Bonchev–Trinajstić information content (AvgIpc) is 2.37. The monoisotopic (exact) mass is 268 g/mol. The number of nitrogens with zero attached hydrogens (tertiary/aromatic N) is 1. The van der Waals surface area contributed by atoms with Crippen LogP contribution in [-0.2, 0) is 4.79 Å². The van der Waals surface area contributed by atoms with Crippen LogP contribution in [0.5, 0.6) is 0 Å². The minimum atomic E-state index is 0.287. The van der Waals surface area contributed by atoms with Gasteiger partial charge in [0.2, 0.25) is 5.91 Å². The molecule has 3 atom stereocenters. The number of hydrogen-bond donors (Lipinski definition) is 1. The fourth-order valence-corrected chi connectivity index (χ4v) is 3.38. The molecule has 1 aliphatic carbocycles. The molecule has 0 aromatic heterocycles. The Bertz CT molecular complexity index is 278. The molecule has 0 heterocycles. The van der Waals surface area contributed by atoms with Crippen LogP contribution in [-0.4, -0.2) is 30.4 Å². The summed E-state index contributed by atoms with van der Waals surface area (Å²) in [6, 6.07) is 0.443. The molecule has 3 heteroatoms. The Morgan fingerprint density at radius 1 is 1.32 bits per heavy atom. The normalized spacial score (nSPS) is 25.4. The SMILES string of the molecule is CC(C)C[C@H](CN)CC(=O)N(C)C1CCCCC1C. The zero-order valence-corrected chi connectivity index (χ0v) is 13.2. The second-order valence-electron chi connectivity index (χ2n) is 6.77. The van der Waals surface area contributed by atoms with Gasteiger partial charge in [0.1, 0.15) is 0 Å². The molecule has 0 aromatic carbocycles. The lowest BCUT2D eigenvalue weighted by Gasteiger charge is -2.37. The van der Waals surface area contributed by atoms with E-state index < -0.39 is 0 Å². The molecule has 1 rings (SSSR count). The lowest BCUT2D eigenvalue weighted by atomic mass is 9.84. The van der Waals surface area contributed by atoms with Gasteiger partial charge in [0.05, 0.1) is 0 Å². The first-order valence-electron chi connectivity index (χ1n) is 7.91. The fourth-order valence-electron chi connectivity index (χ4n) is 3.38. The smallest absolute Gasteiger partial charge is 0.222 e. The highest BCUT2D eigenvalue weighted by atomic mass is 16.2. The first-order valence-corrected chi connectivity index (χ1v) is 7.91. The molecular formula is C16H32N2O. The molecule has 0 saturated heterocycles. The minimum absolute atomic E-state index is 0.287. The van der Waals surface area contributed by atoms with Gasteiger partial charge in [-0.25, -0.2) is 0 Å². The predicted molar refractivity (Wildman–Crippen MR) is 80.8 cm³/mol.